The minimum atomic E-state index is -0.489. The van der Waals surface area contributed by atoms with Gasteiger partial charge in [-0.2, -0.15) is 0 Å². The highest BCUT2D eigenvalue weighted by Gasteiger charge is 2.27. The van der Waals surface area contributed by atoms with Gasteiger partial charge >= 0.3 is 6.09 Å². The highest BCUT2D eigenvalue weighted by Crippen LogP contribution is 2.35. The van der Waals surface area contributed by atoms with Crippen LogP contribution in [-0.2, 0) is 4.74 Å². The van der Waals surface area contributed by atoms with E-state index in [1.807, 2.05) is 26.8 Å². The molecule has 0 saturated carbocycles. The predicted octanol–water partition coefficient (Wildman–Crippen LogP) is 3.92. The maximum absolute atomic E-state index is 14.5. The highest BCUT2D eigenvalue weighted by molar-refractivity contribution is 5.73. The lowest BCUT2D eigenvalue weighted by atomic mass is 10.0. The summed E-state index contributed by atoms with van der Waals surface area (Å²) in [5, 5.41) is 2.96. The number of carbonyl (C=O) groups is 1. The summed E-state index contributed by atoms with van der Waals surface area (Å²) in [6, 6.07) is 5.45. The van der Waals surface area contributed by atoms with Gasteiger partial charge in [-0.25, -0.2) is 9.18 Å². The van der Waals surface area contributed by atoms with Gasteiger partial charge in [0.05, 0.1) is 11.4 Å². The molecule has 0 radical (unpaired) electrons. The van der Waals surface area contributed by atoms with E-state index in [0.29, 0.717) is 0 Å². The van der Waals surface area contributed by atoms with Crippen molar-refractivity contribution in [2.45, 2.75) is 58.1 Å². The zero-order valence-electron chi connectivity index (χ0n) is 16.1. The number of piperidine rings is 1. The molecule has 1 N–H and O–H groups in total. The third kappa shape index (κ3) is 4.59. The van der Waals surface area contributed by atoms with Crippen molar-refractivity contribution in [3.8, 4) is 0 Å². The smallest absolute Gasteiger partial charge is 0.407 e. The van der Waals surface area contributed by atoms with Crippen molar-refractivity contribution in [2.24, 2.45) is 0 Å². The average Bonchev–Trinajstić information content (AvgIpc) is 3.07. The van der Waals surface area contributed by atoms with Crippen LogP contribution in [0.4, 0.5) is 20.6 Å². The monoisotopic (exact) mass is 363 g/mol. The number of nitrogens with zero attached hydrogens (tertiary/aromatic N) is 2. The topological polar surface area (TPSA) is 44.8 Å². The van der Waals surface area contributed by atoms with Crippen LogP contribution in [0, 0.1) is 5.82 Å². The normalized spacial score (nSPS) is 18.9. The van der Waals surface area contributed by atoms with E-state index < -0.39 is 5.60 Å². The van der Waals surface area contributed by atoms with Gasteiger partial charge < -0.3 is 19.9 Å². The summed E-state index contributed by atoms with van der Waals surface area (Å²) in [5.74, 6) is -0.140. The molecule has 0 bridgehead atoms. The minimum Gasteiger partial charge on any atom is -0.444 e. The predicted molar refractivity (Wildman–Crippen MR) is 102 cm³/mol. The van der Waals surface area contributed by atoms with Crippen molar-refractivity contribution in [3.63, 3.8) is 0 Å². The molecule has 0 unspecified atom stereocenters. The number of rotatable bonds is 3. The number of hydrogen-bond donors (Lipinski definition) is 1. The lowest BCUT2D eigenvalue weighted by Gasteiger charge is -2.36. The van der Waals surface area contributed by atoms with Gasteiger partial charge in [-0.05, 0) is 58.6 Å². The Balaban J connectivity index is 1.62. The molecular formula is C20H30FN3O2. The van der Waals surface area contributed by atoms with Gasteiger partial charge in [0, 0.05) is 32.2 Å². The molecule has 2 heterocycles. The number of para-hydroxylation sites is 1. The number of halogens is 1. The van der Waals surface area contributed by atoms with Crippen LogP contribution in [0.3, 0.4) is 0 Å². The second-order valence-electron chi connectivity index (χ2n) is 8.21. The molecule has 26 heavy (non-hydrogen) atoms. The average molecular weight is 363 g/mol. The first-order valence-corrected chi connectivity index (χ1v) is 9.61. The number of nitrogens with one attached hydrogen (secondary N) is 1. The van der Waals surface area contributed by atoms with E-state index in [1.165, 1.54) is 0 Å². The Hall–Kier alpha value is -1.98. The van der Waals surface area contributed by atoms with Gasteiger partial charge in [-0.3, -0.25) is 0 Å². The van der Waals surface area contributed by atoms with Gasteiger partial charge in [0.25, 0.3) is 0 Å². The SMILES string of the molecule is CC(C)(C)OC(=O)NC1CCN(c2cccc(F)c2N2CCCC2)CC1. The first-order valence-electron chi connectivity index (χ1n) is 9.61. The zero-order valence-corrected chi connectivity index (χ0v) is 16.1. The van der Waals surface area contributed by atoms with Crippen LogP contribution in [0.25, 0.3) is 0 Å². The summed E-state index contributed by atoms with van der Waals surface area (Å²) >= 11 is 0. The molecule has 2 aliphatic rings. The molecule has 144 valence electrons. The molecular weight excluding hydrogens is 333 g/mol. The Morgan fingerprint density at radius 1 is 1.12 bits per heavy atom. The number of hydrogen-bond acceptors (Lipinski definition) is 4. The van der Waals surface area contributed by atoms with Crippen molar-refractivity contribution >= 4 is 17.5 Å². The summed E-state index contributed by atoms with van der Waals surface area (Å²) in [5.41, 5.74) is 1.22. The van der Waals surface area contributed by atoms with Crippen LogP contribution < -0.4 is 15.1 Å². The summed E-state index contributed by atoms with van der Waals surface area (Å²) in [4.78, 5) is 16.4. The standard InChI is InChI=1S/C20H30FN3O2/c1-20(2,3)26-19(25)22-15-9-13-23(14-10-15)17-8-6-7-16(21)18(17)24-11-4-5-12-24/h6-8,15H,4-5,9-14H2,1-3H3,(H,22,25). The van der Waals surface area contributed by atoms with Crippen LogP contribution in [0.5, 0.6) is 0 Å². The molecule has 1 amide bonds. The highest BCUT2D eigenvalue weighted by atomic mass is 19.1. The lowest BCUT2D eigenvalue weighted by Crippen LogP contribution is -2.46. The van der Waals surface area contributed by atoms with E-state index in [4.69, 9.17) is 4.74 Å². The number of amides is 1. The molecule has 6 heteroatoms. The number of ether oxygens (including phenoxy) is 1. The van der Waals surface area contributed by atoms with E-state index in [1.54, 1.807) is 12.1 Å². The quantitative estimate of drug-likeness (QED) is 0.884. The second kappa shape index (κ2) is 7.72. The molecule has 1 aromatic rings. The summed E-state index contributed by atoms with van der Waals surface area (Å²) in [6.45, 7) is 9.02. The van der Waals surface area contributed by atoms with E-state index in [2.05, 4.69) is 15.1 Å². The first-order chi connectivity index (χ1) is 12.3. The fraction of sp³-hybridized carbons (Fsp3) is 0.650. The Morgan fingerprint density at radius 3 is 2.38 bits per heavy atom. The number of anilines is 2. The van der Waals surface area contributed by atoms with Crippen molar-refractivity contribution in [2.75, 3.05) is 36.0 Å². The molecule has 0 spiro atoms. The van der Waals surface area contributed by atoms with Gasteiger partial charge in [0.2, 0.25) is 0 Å². The maximum atomic E-state index is 14.5. The van der Waals surface area contributed by atoms with Crippen LogP contribution in [-0.4, -0.2) is 43.9 Å². The third-order valence-corrected chi connectivity index (χ3v) is 4.94. The van der Waals surface area contributed by atoms with E-state index >= 15 is 0 Å². The van der Waals surface area contributed by atoms with Crippen molar-refractivity contribution < 1.29 is 13.9 Å². The Kier molecular flexibility index (Phi) is 5.58. The zero-order chi connectivity index (χ0) is 18.7. The lowest BCUT2D eigenvalue weighted by molar-refractivity contribution is 0.0497. The summed E-state index contributed by atoms with van der Waals surface area (Å²) in [6.07, 6.45) is 3.54. The molecule has 1 aromatic carbocycles. The van der Waals surface area contributed by atoms with Crippen molar-refractivity contribution in [1.29, 1.82) is 0 Å². The van der Waals surface area contributed by atoms with Gasteiger partial charge in [-0.15, -0.1) is 0 Å². The molecule has 2 fully saturated rings. The Morgan fingerprint density at radius 2 is 1.77 bits per heavy atom. The second-order valence-corrected chi connectivity index (χ2v) is 8.21. The molecule has 0 atom stereocenters. The number of alkyl carbamates (subject to hydrolysis) is 1. The van der Waals surface area contributed by atoms with Crippen molar-refractivity contribution in [1.82, 2.24) is 5.32 Å². The van der Waals surface area contributed by atoms with Gasteiger partial charge in [-0.1, -0.05) is 6.07 Å². The van der Waals surface area contributed by atoms with Crippen LogP contribution >= 0.6 is 0 Å². The molecule has 0 aliphatic carbocycles. The van der Waals surface area contributed by atoms with E-state index in [-0.39, 0.29) is 18.0 Å². The minimum absolute atomic E-state index is 0.102. The largest absolute Gasteiger partial charge is 0.444 e. The molecule has 2 aliphatic heterocycles. The van der Waals surface area contributed by atoms with E-state index in [9.17, 15) is 9.18 Å². The maximum Gasteiger partial charge on any atom is 0.407 e. The summed E-state index contributed by atoms with van der Waals surface area (Å²) in [7, 11) is 0. The Bertz CT molecular complexity index is 630. The summed E-state index contributed by atoms with van der Waals surface area (Å²) < 4.78 is 19.9. The van der Waals surface area contributed by atoms with Crippen molar-refractivity contribution in [3.05, 3.63) is 24.0 Å². The van der Waals surface area contributed by atoms with E-state index in [0.717, 1.165) is 63.2 Å². The molecule has 5 nitrogen and oxygen atoms in total. The third-order valence-electron chi connectivity index (χ3n) is 4.94. The molecule has 2 saturated heterocycles. The van der Waals surface area contributed by atoms with Crippen LogP contribution in [0.2, 0.25) is 0 Å². The van der Waals surface area contributed by atoms with Gasteiger partial charge in [0.1, 0.15) is 11.4 Å². The van der Waals surface area contributed by atoms with Crippen LogP contribution in [0.1, 0.15) is 46.5 Å². The van der Waals surface area contributed by atoms with Crippen LogP contribution in [0.15, 0.2) is 18.2 Å². The Labute approximate surface area is 155 Å². The number of carbonyl (C=O) groups excluding carboxylic acids is 1. The first kappa shape index (κ1) is 18.8. The molecule has 3 rings (SSSR count). The number of benzene rings is 1. The fourth-order valence-electron chi connectivity index (χ4n) is 3.75. The fourth-order valence-corrected chi connectivity index (χ4v) is 3.75. The van der Waals surface area contributed by atoms with Gasteiger partial charge in [0.15, 0.2) is 0 Å². The molecule has 0 aromatic heterocycles.